The number of phenolic OH excluding ortho intramolecular Hbond substituents is 2. The summed E-state index contributed by atoms with van der Waals surface area (Å²) in [5.74, 6) is 1.26. The molecule has 1 aromatic heterocycles. The van der Waals surface area contributed by atoms with E-state index in [2.05, 4.69) is 16.4 Å². The zero-order valence-corrected chi connectivity index (χ0v) is 14.8. The molecule has 2 heterocycles. The van der Waals surface area contributed by atoms with Gasteiger partial charge in [0.05, 0.1) is 11.0 Å². The van der Waals surface area contributed by atoms with Crippen molar-refractivity contribution in [3.63, 3.8) is 0 Å². The summed E-state index contributed by atoms with van der Waals surface area (Å²) in [6, 6.07) is 8.23. The van der Waals surface area contributed by atoms with E-state index in [0.717, 1.165) is 34.8 Å². The number of aromatic amines is 1. The van der Waals surface area contributed by atoms with E-state index in [1.54, 1.807) is 6.07 Å². The number of hydrogen-bond acceptors (Lipinski definition) is 3. The molecule has 2 aliphatic carbocycles. The molecule has 3 aliphatic rings. The van der Waals surface area contributed by atoms with Crippen molar-refractivity contribution in [2.75, 3.05) is 6.54 Å². The van der Waals surface area contributed by atoms with Gasteiger partial charge in [-0.2, -0.15) is 0 Å². The highest BCUT2D eigenvalue weighted by molar-refractivity contribution is 6.13. The third-order valence-electron chi connectivity index (χ3n) is 7.50. The highest BCUT2D eigenvalue weighted by Gasteiger charge is 2.52. The van der Waals surface area contributed by atoms with Gasteiger partial charge in [0.2, 0.25) is 0 Å². The van der Waals surface area contributed by atoms with Gasteiger partial charge in [-0.1, -0.05) is 25.0 Å². The fraction of sp³-hybridized carbons (Fsp3) is 0.455. The largest absolute Gasteiger partial charge is 0.506 e. The van der Waals surface area contributed by atoms with Crippen LogP contribution in [0.3, 0.4) is 0 Å². The average molecular weight is 348 g/mol. The number of rotatable bonds is 0. The van der Waals surface area contributed by atoms with Gasteiger partial charge in [-0.25, -0.2) is 0 Å². The first-order valence-corrected chi connectivity index (χ1v) is 9.91. The zero-order chi connectivity index (χ0) is 17.5. The molecule has 2 bridgehead atoms. The number of fused-ring (bicyclic) bond motifs is 5. The van der Waals surface area contributed by atoms with Crippen molar-refractivity contribution in [2.24, 2.45) is 5.92 Å². The summed E-state index contributed by atoms with van der Waals surface area (Å²) in [7, 11) is 0. The molecule has 0 amide bonds. The number of para-hydroxylation sites is 1. The monoisotopic (exact) mass is 348 g/mol. The molecule has 3 atom stereocenters. The second-order valence-corrected chi connectivity index (χ2v) is 8.52. The second-order valence-electron chi connectivity index (χ2n) is 8.52. The molecule has 2 fully saturated rings. The molecule has 26 heavy (non-hydrogen) atoms. The third kappa shape index (κ3) is 1.69. The molecule has 1 saturated heterocycles. The molecule has 1 saturated carbocycles. The first kappa shape index (κ1) is 14.9. The Morgan fingerprint density at radius 1 is 1.04 bits per heavy atom. The van der Waals surface area contributed by atoms with Gasteiger partial charge in [-0.3, -0.25) is 0 Å². The van der Waals surface area contributed by atoms with Crippen molar-refractivity contribution < 1.29 is 10.2 Å². The molecule has 4 heteroatoms. The van der Waals surface area contributed by atoms with Crippen molar-refractivity contribution in [3.8, 4) is 11.5 Å². The molecule has 134 valence electrons. The van der Waals surface area contributed by atoms with Crippen LogP contribution in [0.25, 0.3) is 21.8 Å². The average Bonchev–Trinajstić information content (AvgIpc) is 3.05. The quantitative estimate of drug-likeness (QED) is 0.495. The van der Waals surface area contributed by atoms with Gasteiger partial charge < -0.3 is 20.5 Å². The first-order chi connectivity index (χ1) is 12.7. The summed E-state index contributed by atoms with van der Waals surface area (Å²) in [5.41, 5.74) is 4.48. The van der Waals surface area contributed by atoms with Crippen molar-refractivity contribution >= 4 is 21.8 Å². The minimum absolute atomic E-state index is 0.216. The summed E-state index contributed by atoms with van der Waals surface area (Å²) in [6.45, 7) is 1.08. The molecule has 2 aromatic carbocycles. The summed E-state index contributed by atoms with van der Waals surface area (Å²) in [4.78, 5) is 3.28. The molecule has 0 spiro atoms. The first-order valence-electron chi connectivity index (χ1n) is 9.91. The van der Waals surface area contributed by atoms with E-state index in [0.29, 0.717) is 17.7 Å². The van der Waals surface area contributed by atoms with Crippen molar-refractivity contribution in [1.82, 2.24) is 10.3 Å². The van der Waals surface area contributed by atoms with E-state index < -0.39 is 0 Å². The lowest BCUT2D eigenvalue weighted by atomic mass is 9.52. The Bertz CT molecular complexity index is 1050. The van der Waals surface area contributed by atoms with E-state index in [-0.39, 0.29) is 11.2 Å². The van der Waals surface area contributed by atoms with Crippen LogP contribution in [0.5, 0.6) is 11.5 Å². The Kier molecular flexibility index (Phi) is 2.84. The molecule has 1 aliphatic heterocycles. The van der Waals surface area contributed by atoms with Gasteiger partial charge in [-0.05, 0) is 61.4 Å². The van der Waals surface area contributed by atoms with Gasteiger partial charge in [0.15, 0.2) is 0 Å². The van der Waals surface area contributed by atoms with Gasteiger partial charge >= 0.3 is 0 Å². The van der Waals surface area contributed by atoms with E-state index in [1.165, 1.54) is 43.2 Å². The predicted octanol–water partition coefficient (Wildman–Crippen LogP) is 4.08. The van der Waals surface area contributed by atoms with Crippen molar-refractivity contribution in [2.45, 2.75) is 50.0 Å². The van der Waals surface area contributed by atoms with Crippen LogP contribution in [-0.2, 0) is 11.8 Å². The summed E-state index contributed by atoms with van der Waals surface area (Å²) >= 11 is 0. The number of aromatic hydroxyl groups is 2. The Balaban J connectivity index is 1.74. The van der Waals surface area contributed by atoms with Crippen LogP contribution < -0.4 is 5.32 Å². The number of hydrogen-bond donors (Lipinski definition) is 4. The number of nitrogens with one attached hydrogen (secondary N) is 2. The number of phenols is 2. The SMILES string of the molecule is Oc1cccc2c1[nH]c1c(O)cc3c(c12)C[C@@H]1NCC[C@]32CCCC[C@H]12. The maximum Gasteiger partial charge on any atom is 0.139 e. The lowest BCUT2D eigenvalue weighted by molar-refractivity contribution is 0.0801. The summed E-state index contributed by atoms with van der Waals surface area (Å²) in [5, 5.41) is 27.1. The van der Waals surface area contributed by atoms with Crippen LogP contribution in [0.2, 0.25) is 0 Å². The Hall–Kier alpha value is -2.20. The second kappa shape index (κ2) is 4.95. The van der Waals surface area contributed by atoms with E-state index >= 15 is 0 Å². The van der Waals surface area contributed by atoms with E-state index in [4.69, 9.17) is 0 Å². The van der Waals surface area contributed by atoms with Crippen LogP contribution >= 0.6 is 0 Å². The molecule has 4 N–H and O–H groups in total. The number of H-pyrrole nitrogens is 1. The highest BCUT2D eigenvalue weighted by atomic mass is 16.3. The van der Waals surface area contributed by atoms with E-state index in [9.17, 15) is 10.2 Å². The molecule has 6 rings (SSSR count). The molecular formula is C22H24N2O2. The van der Waals surface area contributed by atoms with Crippen LogP contribution in [0.15, 0.2) is 24.3 Å². The Labute approximate surface area is 152 Å². The smallest absolute Gasteiger partial charge is 0.139 e. The van der Waals surface area contributed by atoms with Crippen LogP contribution in [-0.4, -0.2) is 27.8 Å². The fourth-order valence-corrected chi connectivity index (χ4v) is 6.48. The molecular weight excluding hydrogens is 324 g/mol. The minimum Gasteiger partial charge on any atom is -0.506 e. The number of aromatic nitrogens is 1. The number of benzene rings is 2. The van der Waals surface area contributed by atoms with E-state index in [1.807, 2.05) is 12.1 Å². The Morgan fingerprint density at radius 3 is 2.88 bits per heavy atom. The molecule has 3 aromatic rings. The molecule has 0 unspecified atom stereocenters. The van der Waals surface area contributed by atoms with Crippen molar-refractivity contribution in [1.29, 1.82) is 0 Å². The van der Waals surface area contributed by atoms with Gasteiger partial charge in [0.1, 0.15) is 11.5 Å². The standard InChI is InChI=1S/C22H24N2O2/c25-17-6-3-4-12-19-13-10-16-14-5-1-2-7-22(14,8-9-23-16)15(13)11-18(26)21(19)24-20(12)17/h3-4,6,11,14,16,23-26H,1-2,5,7-10H2/t14-,16+,22+/m1/s1. The maximum absolute atomic E-state index is 10.9. The van der Waals surface area contributed by atoms with Gasteiger partial charge in [0, 0.05) is 22.2 Å². The summed E-state index contributed by atoms with van der Waals surface area (Å²) in [6.07, 6.45) is 7.33. The highest BCUT2D eigenvalue weighted by Crippen LogP contribution is 2.56. The van der Waals surface area contributed by atoms with Gasteiger partial charge in [-0.15, -0.1) is 0 Å². The zero-order valence-electron chi connectivity index (χ0n) is 14.8. The molecule has 4 nitrogen and oxygen atoms in total. The molecule has 0 radical (unpaired) electrons. The topological polar surface area (TPSA) is 68.3 Å². The van der Waals surface area contributed by atoms with Gasteiger partial charge in [0.25, 0.3) is 0 Å². The predicted molar refractivity (Wildman–Crippen MR) is 103 cm³/mol. The van der Waals surface area contributed by atoms with Crippen molar-refractivity contribution in [3.05, 3.63) is 35.4 Å². The Morgan fingerprint density at radius 2 is 1.96 bits per heavy atom. The fourth-order valence-electron chi connectivity index (χ4n) is 6.48. The third-order valence-corrected chi connectivity index (χ3v) is 7.50. The minimum atomic E-state index is 0.216. The summed E-state index contributed by atoms with van der Waals surface area (Å²) < 4.78 is 0. The number of piperidine rings is 1. The van der Waals surface area contributed by atoms with Crippen LogP contribution in [0, 0.1) is 5.92 Å². The van der Waals surface area contributed by atoms with Crippen LogP contribution in [0.1, 0.15) is 43.2 Å². The lowest BCUT2D eigenvalue weighted by Crippen LogP contribution is -2.59. The lowest BCUT2D eigenvalue weighted by Gasteiger charge is -2.56. The normalized spacial score (nSPS) is 30.3. The maximum atomic E-state index is 10.9. The van der Waals surface area contributed by atoms with Crippen LogP contribution in [0.4, 0.5) is 0 Å².